The summed E-state index contributed by atoms with van der Waals surface area (Å²) in [4.78, 5) is 26.2. The van der Waals surface area contributed by atoms with E-state index in [-0.39, 0.29) is 18.3 Å². The Morgan fingerprint density at radius 3 is 2.49 bits per heavy atom. The molecule has 0 radical (unpaired) electrons. The number of aliphatic imine (C=N–C) groups is 1. The van der Waals surface area contributed by atoms with E-state index in [0.29, 0.717) is 22.3 Å². The number of nitrogens with zero attached hydrogens (tertiary/aromatic N) is 4. The minimum atomic E-state index is -0.173. The fourth-order valence-corrected chi connectivity index (χ4v) is 6.83. The summed E-state index contributed by atoms with van der Waals surface area (Å²) in [5, 5.41) is 20.6. The standard InChI is InChI=1S/C29H30N4O4S2/c1-5-32(14-15-34)20-8-12-23(18(2)16-20)30-29-33(19-6-9-21(35)10-7-19)27(36)26(39-29)28-31(3)24-17-22(37-4)11-13-25(24)38-28/h6-13,16-17,34-35H,5,14-15H2,1-4H3/b28-26-,30-29?. The molecule has 1 amide bonds. The van der Waals surface area contributed by atoms with Crippen LogP contribution in [0.2, 0.25) is 0 Å². The molecule has 202 valence electrons. The van der Waals surface area contributed by atoms with Crippen molar-refractivity contribution >= 4 is 57.3 Å². The van der Waals surface area contributed by atoms with Crippen molar-refractivity contribution in [1.82, 2.24) is 0 Å². The number of phenols is 1. The predicted molar refractivity (Wildman–Crippen MR) is 161 cm³/mol. The average molecular weight is 563 g/mol. The zero-order chi connectivity index (χ0) is 27.7. The van der Waals surface area contributed by atoms with Crippen molar-refractivity contribution < 1.29 is 19.7 Å². The van der Waals surface area contributed by atoms with Crippen LogP contribution in [0, 0.1) is 6.92 Å². The zero-order valence-corrected chi connectivity index (χ0v) is 23.8. The molecular formula is C29H30N4O4S2. The molecule has 0 spiro atoms. The second-order valence-corrected chi connectivity index (χ2v) is 11.1. The third kappa shape index (κ3) is 5.19. The van der Waals surface area contributed by atoms with Gasteiger partial charge in [-0.25, -0.2) is 4.99 Å². The third-order valence-corrected chi connectivity index (χ3v) is 9.03. The minimum Gasteiger partial charge on any atom is -0.508 e. The molecule has 0 unspecified atom stereocenters. The van der Waals surface area contributed by atoms with Gasteiger partial charge in [-0.15, -0.1) is 0 Å². The number of phenolic OH excluding ortho intramolecular Hbond substituents is 1. The van der Waals surface area contributed by atoms with Crippen molar-refractivity contribution in [3.63, 3.8) is 0 Å². The van der Waals surface area contributed by atoms with Crippen LogP contribution in [-0.4, -0.2) is 55.1 Å². The molecule has 2 N–H and O–H groups in total. The van der Waals surface area contributed by atoms with Gasteiger partial charge in [-0.2, -0.15) is 0 Å². The van der Waals surface area contributed by atoms with E-state index in [4.69, 9.17) is 9.73 Å². The van der Waals surface area contributed by atoms with Gasteiger partial charge in [0.1, 0.15) is 16.4 Å². The molecule has 39 heavy (non-hydrogen) atoms. The van der Waals surface area contributed by atoms with Gasteiger partial charge in [-0.05, 0) is 85.8 Å². The number of fused-ring (bicyclic) bond motifs is 1. The number of aliphatic hydroxyl groups is 1. The summed E-state index contributed by atoms with van der Waals surface area (Å²) in [7, 11) is 3.59. The Morgan fingerprint density at radius 1 is 1.05 bits per heavy atom. The van der Waals surface area contributed by atoms with Crippen molar-refractivity contribution in [2.24, 2.45) is 4.99 Å². The minimum absolute atomic E-state index is 0.0812. The molecule has 1 fully saturated rings. The van der Waals surface area contributed by atoms with Crippen LogP contribution in [0.25, 0.3) is 0 Å². The number of aromatic hydroxyl groups is 1. The Kier molecular flexibility index (Phi) is 7.79. The van der Waals surface area contributed by atoms with Crippen molar-refractivity contribution in [2.75, 3.05) is 48.6 Å². The highest BCUT2D eigenvalue weighted by Crippen LogP contribution is 2.51. The maximum absolute atomic E-state index is 13.9. The molecule has 3 aromatic rings. The largest absolute Gasteiger partial charge is 0.508 e. The highest BCUT2D eigenvalue weighted by molar-refractivity contribution is 8.20. The van der Waals surface area contributed by atoms with Gasteiger partial charge in [0.15, 0.2) is 5.17 Å². The third-order valence-electron chi connectivity index (χ3n) is 6.64. The molecule has 0 atom stereocenters. The summed E-state index contributed by atoms with van der Waals surface area (Å²) < 4.78 is 5.41. The van der Waals surface area contributed by atoms with Crippen molar-refractivity contribution in [3.8, 4) is 11.5 Å². The molecule has 0 aromatic heterocycles. The lowest BCUT2D eigenvalue weighted by Gasteiger charge is -2.23. The molecule has 2 aliphatic heterocycles. The molecule has 2 heterocycles. The number of carbonyl (C=O) groups is 1. The number of benzene rings is 3. The quantitative estimate of drug-likeness (QED) is 0.354. The van der Waals surface area contributed by atoms with Crippen LogP contribution in [0.15, 0.2) is 80.5 Å². The maximum atomic E-state index is 13.9. The first-order valence-corrected chi connectivity index (χ1v) is 14.2. The molecule has 3 aromatic carbocycles. The van der Waals surface area contributed by atoms with Gasteiger partial charge in [0.05, 0.1) is 35.8 Å². The fraction of sp³-hybridized carbons (Fsp3) is 0.241. The monoisotopic (exact) mass is 562 g/mol. The van der Waals surface area contributed by atoms with E-state index < -0.39 is 0 Å². The summed E-state index contributed by atoms with van der Waals surface area (Å²) in [6.45, 7) is 5.46. The first kappa shape index (κ1) is 27.0. The molecule has 8 nitrogen and oxygen atoms in total. The molecule has 10 heteroatoms. The van der Waals surface area contributed by atoms with E-state index in [1.807, 2.05) is 49.2 Å². The maximum Gasteiger partial charge on any atom is 0.274 e. The number of aryl methyl sites for hydroxylation is 1. The molecule has 5 rings (SSSR count). The summed E-state index contributed by atoms with van der Waals surface area (Å²) in [5.41, 5.74) is 4.33. The van der Waals surface area contributed by atoms with E-state index in [1.165, 1.54) is 11.8 Å². The Balaban J connectivity index is 1.56. The number of amidine groups is 1. The van der Waals surface area contributed by atoms with E-state index in [9.17, 15) is 15.0 Å². The van der Waals surface area contributed by atoms with Crippen LogP contribution in [0.5, 0.6) is 11.5 Å². The smallest absolute Gasteiger partial charge is 0.274 e. The highest BCUT2D eigenvalue weighted by atomic mass is 32.2. The first-order valence-electron chi connectivity index (χ1n) is 12.5. The van der Waals surface area contributed by atoms with Crippen LogP contribution in [0.1, 0.15) is 12.5 Å². The van der Waals surface area contributed by atoms with Gasteiger partial charge >= 0.3 is 0 Å². The number of methoxy groups -OCH3 is 1. The van der Waals surface area contributed by atoms with Crippen LogP contribution in [-0.2, 0) is 4.79 Å². The lowest BCUT2D eigenvalue weighted by molar-refractivity contribution is -0.113. The Labute approximate surface area is 236 Å². The van der Waals surface area contributed by atoms with Crippen LogP contribution in [0.3, 0.4) is 0 Å². The second-order valence-electron chi connectivity index (χ2n) is 9.06. The molecule has 1 saturated heterocycles. The summed E-state index contributed by atoms with van der Waals surface area (Å²) in [6.07, 6.45) is 0. The Morgan fingerprint density at radius 2 is 1.82 bits per heavy atom. The number of anilines is 3. The van der Waals surface area contributed by atoms with Gasteiger partial charge in [0.25, 0.3) is 5.91 Å². The van der Waals surface area contributed by atoms with Crippen molar-refractivity contribution in [1.29, 1.82) is 0 Å². The van der Waals surface area contributed by atoms with Gasteiger partial charge < -0.3 is 24.7 Å². The van der Waals surface area contributed by atoms with Crippen LogP contribution in [0.4, 0.5) is 22.7 Å². The van der Waals surface area contributed by atoms with E-state index >= 15 is 0 Å². The number of ether oxygens (including phenoxy) is 1. The normalized spacial score (nSPS) is 17.8. The predicted octanol–water partition coefficient (Wildman–Crippen LogP) is 5.71. The van der Waals surface area contributed by atoms with Crippen LogP contribution < -0.4 is 19.4 Å². The van der Waals surface area contributed by atoms with E-state index in [0.717, 1.165) is 44.8 Å². The highest BCUT2D eigenvalue weighted by Gasteiger charge is 2.40. The number of hydrogen-bond donors (Lipinski definition) is 2. The summed E-state index contributed by atoms with van der Waals surface area (Å²) in [6, 6.07) is 18.4. The number of hydrogen-bond acceptors (Lipinski definition) is 9. The summed E-state index contributed by atoms with van der Waals surface area (Å²) in [5.74, 6) is 0.707. The number of rotatable bonds is 7. The SMILES string of the molecule is CCN(CCO)c1ccc(N=C2S/C(=C3\Sc4ccc(OC)cc4N3C)C(=O)N2c2ccc(O)cc2)c(C)c1. The van der Waals surface area contributed by atoms with Crippen LogP contribution >= 0.6 is 23.5 Å². The average Bonchev–Trinajstić information content (AvgIpc) is 3.44. The van der Waals surface area contributed by atoms with Gasteiger partial charge in [0.2, 0.25) is 0 Å². The second kappa shape index (κ2) is 11.3. The fourth-order valence-electron chi connectivity index (χ4n) is 4.51. The molecule has 2 aliphatic rings. The van der Waals surface area contributed by atoms with Crippen molar-refractivity contribution in [2.45, 2.75) is 18.7 Å². The van der Waals surface area contributed by atoms with E-state index in [2.05, 4.69) is 17.9 Å². The van der Waals surface area contributed by atoms with Gasteiger partial charge in [-0.1, -0.05) is 11.8 Å². The molecule has 0 bridgehead atoms. The van der Waals surface area contributed by atoms with E-state index in [1.54, 1.807) is 48.0 Å². The lowest BCUT2D eigenvalue weighted by Crippen LogP contribution is -2.29. The molecular weight excluding hydrogens is 532 g/mol. The first-order chi connectivity index (χ1) is 18.8. The Hall–Kier alpha value is -3.60. The van der Waals surface area contributed by atoms with Gasteiger partial charge in [0, 0.05) is 36.8 Å². The zero-order valence-electron chi connectivity index (χ0n) is 22.2. The number of thioether (sulfide) groups is 2. The molecule has 0 aliphatic carbocycles. The Bertz CT molecular complexity index is 1470. The number of aliphatic hydroxyl groups excluding tert-OH is 1. The summed E-state index contributed by atoms with van der Waals surface area (Å²) >= 11 is 2.89. The number of amides is 1. The number of likely N-dealkylation sites (N-methyl/N-ethyl adjacent to an activating group) is 1. The van der Waals surface area contributed by atoms with Crippen molar-refractivity contribution in [3.05, 3.63) is 76.2 Å². The topological polar surface area (TPSA) is 88.8 Å². The van der Waals surface area contributed by atoms with Gasteiger partial charge in [-0.3, -0.25) is 9.69 Å². The molecule has 0 saturated carbocycles. The lowest BCUT2D eigenvalue weighted by atomic mass is 10.1. The number of carbonyl (C=O) groups excluding carboxylic acids is 1.